The fraction of sp³-hybridized carbons (Fsp3) is 0.571. The van der Waals surface area contributed by atoms with Crippen LogP contribution >= 0.6 is 0 Å². The molecular weight excluding hydrogens is 312 g/mol. The second-order valence-electron chi connectivity index (χ2n) is 8.79. The maximum absolute atomic E-state index is 10.6. The van der Waals surface area contributed by atoms with Gasteiger partial charge in [-0.15, -0.1) is 0 Å². The van der Waals surface area contributed by atoms with Crippen molar-refractivity contribution in [3.63, 3.8) is 0 Å². The summed E-state index contributed by atoms with van der Waals surface area (Å²) in [7, 11) is 1.66. The fourth-order valence-electron chi connectivity index (χ4n) is 2.80. The van der Waals surface area contributed by atoms with Gasteiger partial charge >= 0.3 is 0 Å². The summed E-state index contributed by atoms with van der Waals surface area (Å²) >= 11 is 0. The molecule has 0 aromatic heterocycles. The summed E-state index contributed by atoms with van der Waals surface area (Å²) in [4.78, 5) is 0. The van der Waals surface area contributed by atoms with E-state index >= 15 is 0 Å². The number of methoxy groups -OCH3 is 1. The molecule has 1 aromatic rings. The third-order valence-corrected chi connectivity index (χ3v) is 4.66. The van der Waals surface area contributed by atoms with Gasteiger partial charge in [-0.3, -0.25) is 5.41 Å². The average Bonchev–Trinajstić information content (AvgIpc) is 2.49. The zero-order chi connectivity index (χ0) is 19.7. The number of nitrogens with one attached hydrogen (secondary N) is 1. The molecule has 0 saturated heterocycles. The molecule has 1 unspecified atom stereocenters. The van der Waals surface area contributed by atoms with Crippen LogP contribution in [0.15, 0.2) is 23.5 Å². The normalized spacial score (nSPS) is 14.8. The van der Waals surface area contributed by atoms with Gasteiger partial charge in [0.2, 0.25) is 0 Å². The molecule has 4 heteroatoms. The van der Waals surface area contributed by atoms with Crippen molar-refractivity contribution in [2.75, 3.05) is 7.11 Å². The van der Waals surface area contributed by atoms with Gasteiger partial charge in [-0.2, -0.15) is 0 Å². The van der Waals surface area contributed by atoms with E-state index in [1.54, 1.807) is 14.0 Å². The molecule has 1 rings (SSSR count). The average molecular weight is 347 g/mol. The summed E-state index contributed by atoms with van der Waals surface area (Å²) < 4.78 is 5.76. The SMILES string of the molecule is COc1c(C(C)C(O)=C(C)C(=N)N)cc(C(C)(C)C)cc1C(C)(C)C. The van der Waals surface area contributed by atoms with Gasteiger partial charge in [0.1, 0.15) is 17.3 Å². The first-order chi connectivity index (χ1) is 11.2. The van der Waals surface area contributed by atoms with Gasteiger partial charge in [0.05, 0.1) is 7.11 Å². The number of hydrogen-bond acceptors (Lipinski definition) is 3. The Balaban J connectivity index is 3.79. The molecule has 4 nitrogen and oxygen atoms in total. The third kappa shape index (κ3) is 4.56. The first-order valence-corrected chi connectivity index (χ1v) is 8.68. The van der Waals surface area contributed by atoms with Crippen LogP contribution in [0.25, 0.3) is 0 Å². The highest BCUT2D eigenvalue weighted by Gasteiger charge is 2.29. The molecule has 0 fully saturated rings. The number of rotatable bonds is 4. The Morgan fingerprint density at radius 1 is 1.12 bits per heavy atom. The van der Waals surface area contributed by atoms with E-state index in [-0.39, 0.29) is 28.3 Å². The lowest BCUT2D eigenvalue weighted by Crippen LogP contribution is -2.20. The number of allylic oxidation sites excluding steroid dienone is 1. The summed E-state index contributed by atoms with van der Waals surface area (Å²) in [5.74, 6) is 0.459. The molecule has 0 aliphatic heterocycles. The van der Waals surface area contributed by atoms with Crippen molar-refractivity contribution in [1.29, 1.82) is 5.41 Å². The van der Waals surface area contributed by atoms with Crippen molar-refractivity contribution in [2.45, 2.75) is 72.1 Å². The minimum absolute atomic E-state index is 0.0320. The van der Waals surface area contributed by atoms with E-state index in [1.807, 2.05) is 6.92 Å². The molecular formula is C21H34N2O2. The zero-order valence-electron chi connectivity index (χ0n) is 17.2. The van der Waals surface area contributed by atoms with Crippen molar-refractivity contribution in [2.24, 2.45) is 5.73 Å². The molecule has 25 heavy (non-hydrogen) atoms. The molecule has 1 aromatic carbocycles. The number of aliphatic hydroxyl groups excluding tert-OH is 1. The molecule has 0 aliphatic rings. The maximum Gasteiger partial charge on any atom is 0.126 e. The van der Waals surface area contributed by atoms with E-state index in [4.69, 9.17) is 15.9 Å². The summed E-state index contributed by atoms with van der Waals surface area (Å²) in [6, 6.07) is 4.30. The van der Waals surface area contributed by atoms with E-state index < -0.39 is 0 Å². The number of amidine groups is 1. The van der Waals surface area contributed by atoms with Crippen molar-refractivity contribution < 1.29 is 9.84 Å². The van der Waals surface area contributed by atoms with E-state index in [0.717, 1.165) is 16.9 Å². The van der Waals surface area contributed by atoms with Crippen LogP contribution < -0.4 is 10.5 Å². The predicted molar refractivity (Wildman–Crippen MR) is 106 cm³/mol. The lowest BCUT2D eigenvalue weighted by molar-refractivity contribution is 0.355. The first-order valence-electron chi connectivity index (χ1n) is 8.68. The monoisotopic (exact) mass is 346 g/mol. The van der Waals surface area contributed by atoms with Crippen LogP contribution in [0, 0.1) is 5.41 Å². The fourth-order valence-corrected chi connectivity index (χ4v) is 2.80. The van der Waals surface area contributed by atoms with Gasteiger partial charge in [0.15, 0.2) is 0 Å². The van der Waals surface area contributed by atoms with Gasteiger partial charge in [0.25, 0.3) is 0 Å². The minimum Gasteiger partial charge on any atom is -0.511 e. The Morgan fingerprint density at radius 3 is 2.00 bits per heavy atom. The first kappa shape index (κ1) is 21.1. The lowest BCUT2D eigenvalue weighted by atomic mass is 9.77. The quantitative estimate of drug-likeness (QED) is 0.400. The van der Waals surface area contributed by atoms with Crippen LogP contribution in [0.1, 0.15) is 78.0 Å². The van der Waals surface area contributed by atoms with Crippen molar-refractivity contribution in [1.82, 2.24) is 0 Å². The summed E-state index contributed by atoms with van der Waals surface area (Å²) in [5, 5.41) is 18.2. The standard InChI is InChI=1S/C21H34N2O2/c1-12(17(24)13(2)19(22)23)15-10-14(20(3,4)5)11-16(18(15)25-9)21(6,7)8/h10-12,24H,1-9H3,(H3,22,23). The van der Waals surface area contributed by atoms with Gasteiger partial charge in [-0.1, -0.05) is 60.6 Å². The highest BCUT2D eigenvalue weighted by atomic mass is 16.5. The van der Waals surface area contributed by atoms with Gasteiger partial charge < -0.3 is 15.6 Å². The number of ether oxygens (including phenoxy) is 1. The second kappa shape index (κ2) is 7.11. The van der Waals surface area contributed by atoms with Crippen LogP contribution in [0.4, 0.5) is 0 Å². The Hall–Kier alpha value is -1.97. The Labute approximate surface area is 152 Å². The van der Waals surface area contributed by atoms with Crippen molar-refractivity contribution >= 4 is 5.84 Å². The Kier molecular flexibility index (Phi) is 5.99. The highest BCUT2D eigenvalue weighted by Crippen LogP contribution is 2.42. The van der Waals surface area contributed by atoms with E-state index in [0.29, 0.717) is 5.57 Å². The minimum atomic E-state index is -0.317. The van der Waals surface area contributed by atoms with Crippen LogP contribution in [0.5, 0.6) is 5.75 Å². The zero-order valence-corrected chi connectivity index (χ0v) is 17.2. The molecule has 1 atom stereocenters. The summed E-state index contributed by atoms with van der Waals surface area (Å²) in [6.07, 6.45) is 0. The second-order valence-corrected chi connectivity index (χ2v) is 8.79. The van der Waals surface area contributed by atoms with Crippen molar-refractivity contribution in [3.8, 4) is 5.75 Å². The molecule has 0 saturated carbocycles. The lowest BCUT2D eigenvalue weighted by Gasteiger charge is -2.30. The Morgan fingerprint density at radius 2 is 1.64 bits per heavy atom. The topological polar surface area (TPSA) is 79.3 Å². The Bertz CT molecular complexity index is 689. The number of aliphatic hydroxyl groups is 1. The van der Waals surface area contributed by atoms with Gasteiger partial charge in [0, 0.05) is 22.6 Å². The van der Waals surface area contributed by atoms with Gasteiger partial charge in [-0.05, 0) is 23.3 Å². The summed E-state index contributed by atoms with van der Waals surface area (Å²) in [6.45, 7) is 16.6. The van der Waals surface area contributed by atoms with E-state index in [9.17, 15) is 5.11 Å². The van der Waals surface area contributed by atoms with E-state index in [1.165, 1.54) is 5.56 Å². The summed E-state index contributed by atoms with van der Waals surface area (Å²) in [5.41, 5.74) is 9.03. The molecule has 0 amide bonds. The predicted octanol–water partition coefficient (Wildman–Crippen LogP) is 5.16. The molecule has 4 N–H and O–H groups in total. The molecule has 0 bridgehead atoms. The smallest absolute Gasteiger partial charge is 0.126 e. The van der Waals surface area contributed by atoms with Gasteiger partial charge in [-0.25, -0.2) is 0 Å². The van der Waals surface area contributed by atoms with Crippen LogP contribution in [-0.2, 0) is 10.8 Å². The molecule has 0 aliphatic carbocycles. The highest BCUT2D eigenvalue weighted by molar-refractivity contribution is 5.94. The third-order valence-electron chi connectivity index (χ3n) is 4.66. The van der Waals surface area contributed by atoms with Crippen LogP contribution in [0.2, 0.25) is 0 Å². The van der Waals surface area contributed by atoms with E-state index in [2.05, 4.69) is 53.7 Å². The number of nitrogens with two attached hydrogens (primary N) is 1. The van der Waals surface area contributed by atoms with Crippen molar-refractivity contribution in [3.05, 3.63) is 40.2 Å². The van der Waals surface area contributed by atoms with Crippen LogP contribution in [0.3, 0.4) is 0 Å². The number of benzene rings is 1. The maximum atomic E-state index is 10.6. The number of hydrogen-bond donors (Lipinski definition) is 3. The molecule has 0 radical (unpaired) electrons. The molecule has 0 heterocycles. The molecule has 140 valence electrons. The molecule has 0 spiro atoms. The van der Waals surface area contributed by atoms with Crippen LogP contribution in [-0.4, -0.2) is 18.1 Å². The largest absolute Gasteiger partial charge is 0.511 e.